The van der Waals surface area contributed by atoms with E-state index in [1.165, 1.54) is 0 Å². The minimum absolute atomic E-state index is 0.0325. The molecular weight excluding hydrogens is 386 g/mol. The highest BCUT2D eigenvalue weighted by Gasteiger charge is 2.58. The van der Waals surface area contributed by atoms with Gasteiger partial charge < -0.3 is 4.74 Å². The van der Waals surface area contributed by atoms with Gasteiger partial charge in [0.2, 0.25) is 0 Å². The van der Waals surface area contributed by atoms with Crippen LogP contribution in [0.15, 0.2) is 42.5 Å². The summed E-state index contributed by atoms with van der Waals surface area (Å²) in [6.07, 6.45) is 1.88. The molecule has 5 heteroatoms. The Morgan fingerprint density at radius 1 is 1.28 bits per heavy atom. The number of nitrogens with one attached hydrogen (secondary N) is 1. The number of Topliss-reactive ketones (excluding diaryl/α,β-unsaturated/α-hetero) is 1. The molecule has 0 unspecified atom stereocenters. The number of halogens is 1. The van der Waals surface area contributed by atoms with E-state index < -0.39 is 17.1 Å². The van der Waals surface area contributed by atoms with Crippen LogP contribution in [0.1, 0.15) is 53.5 Å². The molecule has 3 atom stereocenters. The third-order valence-electron chi connectivity index (χ3n) is 6.22. The second-order valence-electron chi connectivity index (χ2n) is 9.75. The van der Waals surface area contributed by atoms with Crippen LogP contribution in [0.5, 0.6) is 0 Å². The molecule has 1 saturated carbocycles. The molecule has 1 N–H and O–H groups in total. The van der Waals surface area contributed by atoms with Gasteiger partial charge in [0.1, 0.15) is 5.60 Å². The van der Waals surface area contributed by atoms with Gasteiger partial charge in [-0.3, -0.25) is 10.1 Å². The molecule has 1 fully saturated rings. The number of alkyl halides is 1. The number of fused-ring (bicyclic) bond motifs is 1. The summed E-state index contributed by atoms with van der Waals surface area (Å²) in [6, 6.07) is 7.55. The lowest BCUT2D eigenvalue weighted by Crippen LogP contribution is -2.53. The Hall–Kier alpha value is -2.07. The van der Waals surface area contributed by atoms with Crippen LogP contribution in [-0.2, 0) is 9.53 Å². The van der Waals surface area contributed by atoms with Gasteiger partial charge in [-0.2, -0.15) is 0 Å². The summed E-state index contributed by atoms with van der Waals surface area (Å²) in [7, 11) is 0. The third-order valence-corrected chi connectivity index (χ3v) is 6.85. The monoisotopic (exact) mass is 415 g/mol. The maximum absolute atomic E-state index is 13.4. The van der Waals surface area contributed by atoms with Crippen LogP contribution in [0.3, 0.4) is 0 Å². The van der Waals surface area contributed by atoms with Crippen molar-refractivity contribution >= 4 is 34.7 Å². The van der Waals surface area contributed by atoms with Crippen molar-refractivity contribution in [1.29, 1.82) is 0 Å². The summed E-state index contributed by atoms with van der Waals surface area (Å²) in [6.45, 7) is 15.5. The molecule has 0 aromatic heterocycles. The number of hydrogen-bond donors (Lipinski definition) is 1. The fourth-order valence-electron chi connectivity index (χ4n) is 4.48. The van der Waals surface area contributed by atoms with Crippen molar-refractivity contribution < 1.29 is 14.3 Å². The van der Waals surface area contributed by atoms with Crippen LogP contribution in [0.4, 0.5) is 10.5 Å². The molecule has 2 aliphatic carbocycles. The Balaban J connectivity index is 2.07. The van der Waals surface area contributed by atoms with E-state index in [0.717, 1.165) is 23.1 Å². The van der Waals surface area contributed by atoms with Crippen molar-refractivity contribution in [2.45, 2.75) is 58.9 Å². The minimum atomic E-state index is -0.789. The average Bonchev–Trinajstić information content (AvgIpc) is 2.61. The second-order valence-corrected chi connectivity index (χ2v) is 10.3. The minimum Gasteiger partial charge on any atom is -0.444 e. The zero-order valence-corrected chi connectivity index (χ0v) is 18.8. The largest absolute Gasteiger partial charge is 0.444 e. The summed E-state index contributed by atoms with van der Waals surface area (Å²) in [5.74, 6) is 0.125. The van der Waals surface area contributed by atoms with Gasteiger partial charge in [-0.15, -0.1) is 18.2 Å². The number of allylic oxidation sites excluding steroid dienone is 3. The fraction of sp³-hybridized carbons (Fsp3) is 0.500. The number of rotatable bonds is 3. The first-order valence-corrected chi connectivity index (χ1v) is 10.4. The molecular formula is C24H30ClNO3. The molecule has 3 rings (SSSR count). The van der Waals surface area contributed by atoms with Crippen LogP contribution in [0.25, 0.3) is 5.57 Å². The summed E-state index contributed by atoms with van der Waals surface area (Å²) in [4.78, 5) is 25.8. The summed E-state index contributed by atoms with van der Waals surface area (Å²) in [5, 5.41) is 2.57. The number of anilines is 1. The van der Waals surface area contributed by atoms with E-state index in [1.54, 1.807) is 6.08 Å². The number of benzene rings is 1. The molecule has 0 radical (unpaired) electrons. The molecule has 0 saturated heterocycles. The number of para-hydroxylation sites is 1. The predicted octanol–water partition coefficient (Wildman–Crippen LogP) is 6.22. The quantitative estimate of drug-likeness (QED) is 0.471. The van der Waals surface area contributed by atoms with Crippen LogP contribution in [-0.4, -0.2) is 22.9 Å². The normalized spacial score (nSPS) is 28.3. The zero-order valence-electron chi connectivity index (χ0n) is 18.1. The third kappa shape index (κ3) is 3.52. The van der Waals surface area contributed by atoms with E-state index in [2.05, 4.69) is 25.7 Å². The van der Waals surface area contributed by atoms with Crippen molar-refractivity contribution in [3.05, 3.63) is 48.1 Å². The Morgan fingerprint density at radius 3 is 2.48 bits per heavy atom. The summed E-state index contributed by atoms with van der Waals surface area (Å²) < 4.78 is 5.41. The highest BCUT2D eigenvalue weighted by molar-refractivity contribution is 6.26. The van der Waals surface area contributed by atoms with Gasteiger partial charge in [-0.05, 0) is 57.1 Å². The molecule has 0 spiro atoms. The molecule has 29 heavy (non-hydrogen) atoms. The molecule has 0 heterocycles. The maximum atomic E-state index is 13.4. The smallest absolute Gasteiger partial charge is 0.412 e. The van der Waals surface area contributed by atoms with Gasteiger partial charge >= 0.3 is 6.09 Å². The maximum Gasteiger partial charge on any atom is 0.412 e. The first kappa shape index (κ1) is 21.6. The van der Waals surface area contributed by atoms with Gasteiger partial charge in [-0.25, -0.2) is 4.79 Å². The van der Waals surface area contributed by atoms with Crippen molar-refractivity contribution in [3.63, 3.8) is 0 Å². The lowest BCUT2D eigenvalue weighted by Gasteiger charge is -2.55. The number of carbonyl (C=O) groups excluding carboxylic acids is 2. The highest BCUT2D eigenvalue weighted by Crippen LogP contribution is 2.63. The molecule has 1 aromatic carbocycles. The number of ether oxygens (including phenoxy) is 1. The van der Waals surface area contributed by atoms with Gasteiger partial charge in [0.25, 0.3) is 0 Å². The number of ketones is 1. The summed E-state index contributed by atoms with van der Waals surface area (Å²) >= 11 is 6.61. The Kier molecular flexibility index (Phi) is 5.23. The van der Waals surface area contributed by atoms with E-state index in [-0.39, 0.29) is 22.5 Å². The van der Waals surface area contributed by atoms with E-state index in [1.807, 2.05) is 52.0 Å². The topological polar surface area (TPSA) is 55.4 Å². The molecule has 156 valence electrons. The van der Waals surface area contributed by atoms with Crippen LogP contribution >= 0.6 is 11.6 Å². The molecule has 1 amide bonds. The molecule has 4 nitrogen and oxygen atoms in total. The van der Waals surface area contributed by atoms with E-state index >= 15 is 0 Å². The number of hydrogen-bond acceptors (Lipinski definition) is 3. The van der Waals surface area contributed by atoms with E-state index in [0.29, 0.717) is 5.69 Å². The van der Waals surface area contributed by atoms with Crippen molar-refractivity contribution in [1.82, 2.24) is 0 Å². The molecule has 0 bridgehead atoms. The molecule has 0 aliphatic heterocycles. The van der Waals surface area contributed by atoms with Gasteiger partial charge in [0.15, 0.2) is 5.78 Å². The molecule has 1 aromatic rings. The van der Waals surface area contributed by atoms with E-state index in [9.17, 15) is 9.59 Å². The number of carbonyl (C=O) groups is 2. The Bertz CT molecular complexity index is 909. The SMILES string of the molecule is C=C[C@@]1(C)C(=O)C2=C(c3ccccc3NC(=O)OC(C)(C)C)C(C)(C)[C@H]2C[C@H]1Cl. The van der Waals surface area contributed by atoms with Crippen LogP contribution in [0, 0.1) is 16.7 Å². The second kappa shape index (κ2) is 7.02. The predicted molar refractivity (Wildman–Crippen MR) is 118 cm³/mol. The highest BCUT2D eigenvalue weighted by atomic mass is 35.5. The lowest BCUT2D eigenvalue weighted by molar-refractivity contribution is -0.125. The van der Waals surface area contributed by atoms with Crippen LogP contribution < -0.4 is 5.32 Å². The van der Waals surface area contributed by atoms with Gasteiger partial charge in [0, 0.05) is 11.1 Å². The van der Waals surface area contributed by atoms with Crippen LogP contribution in [0.2, 0.25) is 0 Å². The van der Waals surface area contributed by atoms with Gasteiger partial charge in [0.05, 0.1) is 16.5 Å². The fourth-order valence-corrected chi connectivity index (χ4v) is 4.85. The molecule has 2 aliphatic rings. The van der Waals surface area contributed by atoms with E-state index in [4.69, 9.17) is 16.3 Å². The van der Waals surface area contributed by atoms with Crippen molar-refractivity contribution in [2.75, 3.05) is 5.32 Å². The van der Waals surface area contributed by atoms with Crippen molar-refractivity contribution in [3.8, 4) is 0 Å². The number of amides is 1. The van der Waals surface area contributed by atoms with Crippen molar-refractivity contribution in [2.24, 2.45) is 16.7 Å². The first-order valence-electron chi connectivity index (χ1n) is 9.99. The summed E-state index contributed by atoms with van der Waals surface area (Å²) in [5.41, 5.74) is 1.65. The standard InChI is InChI=1S/C24H30ClNO3/c1-8-24(7)17(25)13-15-18(20(24)27)19(23(15,5)6)14-11-9-10-12-16(14)26-21(28)29-22(2,3)4/h8-12,15,17H,1,13H2,2-7H3,(H,26,28)/t15-,17+,24+/m0/s1. The zero-order chi connectivity index (χ0) is 21.8. The lowest BCUT2D eigenvalue weighted by atomic mass is 9.48. The first-order chi connectivity index (χ1) is 13.3. The van der Waals surface area contributed by atoms with Gasteiger partial charge in [-0.1, -0.05) is 38.1 Å². The Morgan fingerprint density at radius 2 is 1.90 bits per heavy atom. The Labute approximate surface area is 178 Å². The average molecular weight is 416 g/mol.